The van der Waals surface area contributed by atoms with Crippen molar-refractivity contribution in [3.8, 4) is 12.3 Å². The van der Waals surface area contributed by atoms with E-state index in [1.54, 1.807) is 37.1 Å². The Morgan fingerprint density at radius 3 is 2.48 bits per heavy atom. The third kappa shape index (κ3) is 5.02. The second-order valence-corrected chi connectivity index (χ2v) is 5.92. The molecule has 0 aromatic heterocycles. The molecule has 4 nitrogen and oxygen atoms in total. The number of hydrogen-bond donors (Lipinski definition) is 0. The number of halogens is 2. The van der Waals surface area contributed by atoms with Crippen molar-refractivity contribution in [2.45, 2.75) is 20.8 Å². The minimum Gasteiger partial charge on any atom is -0.300 e. The molecular weight excluding hydrogens is 372 g/mol. The third-order valence-corrected chi connectivity index (χ3v) is 3.99. The van der Waals surface area contributed by atoms with Gasteiger partial charge in [-0.3, -0.25) is 9.79 Å². The topological polar surface area (TPSA) is 45.0 Å². The summed E-state index contributed by atoms with van der Waals surface area (Å²) >= 11 is 0. The number of para-hydroxylation sites is 1. The van der Waals surface area contributed by atoms with Crippen molar-refractivity contribution in [2.75, 3.05) is 11.4 Å². The molecule has 2 aromatic rings. The van der Waals surface area contributed by atoms with Crippen LogP contribution in [0.4, 0.5) is 20.2 Å². The SMILES string of the molecule is C#CC.CC=N/C(=C\C)CN1C(=O)C(=Nc2ccc(F)c(F)c2)c2ccccc21. The van der Waals surface area contributed by atoms with Crippen molar-refractivity contribution in [1.29, 1.82) is 0 Å². The lowest BCUT2D eigenvalue weighted by Crippen LogP contribution is -2.31. The number of carbonyl (C=O) groups is 1. The van der Waals surface area contributed by atoms with E-state index < -0.39 is 11.6 Å². The maximum Gasteiger partial charge on any atom is 0.277 e. The number of amides is 1. The van der Waals surface area contributed by atoms with Gasteiger partial charge in [0.25, 0.3) is 5.91 Å². The quantitative estimate of drug-likeness (QED) is 0.529. The number of nitrogens with zero attached hydrogens (tertiary/aromatic N) is 3. The number of aliphatic imine (C=N–C) groups is 2. The van der Waals surface area contributed by atoms with Crippen LogP contribution < -0.4 is 4.90 Å². The van der Waals surface area contributed by atoms with Crippen LogP contribution in [0.3, 0.4) is 0 Å². The van der Waals surface area contributed by atoms with Gasteiger partial charge >= 0.3 is 0 Å². The zero-order valence-corrected chi connectivity index (χ0v) is 16.5. The molecule has 2 aromatic carbocycles. The highest BCUT2D eigenvalue weighted by Crippen LogP contribution is 2.31. The molecule has 0 unspecified atom stereocenters. The number of benzene rings is 2. The second kappa shape index (κ2) is 10.1. The number of hydrogen-bond acceptors (Lipinski definition) is 3. The van der Waals surface area contributed by atoms with Crippen molar-refractivity contribution < 1.29 is 13.6 Å². The van der Waals surface area contributed by atoms with E-state index in [2.05, 4.69) is 22.3 Å². The fourth-order valence-electron chi connectivity index (χ4n) is 2.74. The summed E-state index contributed by atoms with van der Waals surface area (Å²) in [5.74, 6) is -0.0126. The van der Waals surface area contributed by atoms with Crippen LogP contribution in [-0.4, -0.2) is 24.4 Å². The Morgan fingerprint density at radius 2 is 1.86 bits per heavy atom. The van der Waals surface area contributed by atoms with Crippen molar-refractivity contribution in [3.63, 3.8) is 0 Å². The van der Waals surface area contributed by atoms with Gasteiger partial charge in [-0.05, 0) is 39.0 Å². The molecular formula is C23H21F2N3O. The lowest BCUT2D eigenvalue weighted by atomic mass is 10.1. The second-order valence-electron chi connectivity index (χ2n) is 5.92. The fourth-order valence-corrected chi connectivity index (χ4v) is 2.74. The molecule has 1 aliphatic rings. The van der Waals surface area contributed by atoms with Crippen molar-refractivity contribution >= 4 is 29.2 Å². The Morgan fingerprint density at radius 1 is 1.17 bits per heavy atom. The van der Waals surface area contributed by atoms with E-state index in [0.29, 0.717) is 17.8 Å². The average Bonchev–Trinajstić information content (AvgIpc) is 2.97. The summed E-state index contributed by atoms with van der Waals surface area (Å²) < 4.78 is 26.6. The number of allylic oxidation sites excluding steroid dienone is 1. The first-order chi connectivity index (χ1) is 14.0. The molecule has 3 rings (SSSR count). The van der Waals surface area contributed by atoms with Crippen LogP contribution in [0, 0.1) is 24.0 Å². The van der Waals surface area contributed by atoms with E-state index in [1.165, 1.54) is 6.07 Å². The monoisotopic (exact) mass is 393 g/mol. The summed E-state index contributed by atoms with van der Waals surface area (Å²) in [4.78, 5) is 23.0. The molecule has 1 amide bonds. The normalized spacial score (nSPS) is 14.6. The molecule has 0 atom stereocenters. The van der Waals surface area contributed by atoms with E-state index in [1.807, 2.05) is 25.1 Å². The van der Waals surface area contributed by atoms with E-state index in [-0.39, 0.29) is 17.3 Å². The van der Waals surface area contributed by atoms with Gasteiger partial charge in [0, 0.05) is 17.8 Å². The van der Waals surface area contributed by atoms with E-state index in [9.17, 15) is 13.6 Å². The molecule has 0 bridgehead atoms. The minimum absolute atomic E-state index is 0.182. The van der Waals surface area contributed by atoms with Crippen molar-refractivity contribution in [3.05, 3.63) is 71.4 Å². The van der Waals surface area contributed by atoms with Crippen LogP contribution in [0.5, 0.6) is 0 Å². The Bertz CT molecular complexity index is 1030. The fraction of sp³-hybridized carbons (Fsp3) is 0.174. The zero-order chi connectivity index (χ0) is 21.4. The summed E-state index contributed by atoms with van der Waals surface area (Å²) in [6.45, 7) is 5.61. The molecule has 148 valence electrons. The summed E-state index contributed by atoms with van der Waals surface area (Å²) in [5, 5.41) is 0. The molecule has 0 radical (unpaired) electrons. The van der Waals surface area contributed by atoms with Crippen LogP contribution in [-0.2, 0) is 4.79 Å². The highest BCUT2D eigenvalue weighted by atomic mass is 19.2. The number of carbonyl (C=O) groups excluding carboxylic acids is 1. The molecule has 0 N–H and O–H groups in total. The minimum atomic E-state index is -1.00. The summed E-state index contributed by atoms with van der Waals surface area (Å²) in [7, 11) is 0. The number of terminal acetylenes is 1. The molecule has 29 heavy (non-hydrogen) atoms. The number of rotatable bonds is 4. The first kappa shape index (κ1) is 21.7. The number of fused-ring (bicyclic) bond motifs is 1. The smallest absolute Gasteiger partial charge is 0.277 e. The summed E-state index contributed by atoms with van der Waals surface area (Å²) in [5.41, 5.74) is 2.48. The molecule has 6 heteroatoms. The van der Waals surface area contributed by atoms with Crippen molar-refractivity contribution in [2.24, 2.45) is 9.98 Å². The molecule has 1 heterocycles. The number of anilines is 1. The summed E-state index contributed by atoms with van der Waals surface area (Å²) in [6, 6.07) is 10.5. The third-order valence-electron chi connectivity index (χ3n) is 3.99. The Hall–Kier alpha value is -3.59. The Balaban J connectivity index is 0.000000941. The van der Waals surface area contributed by atoms with Gasteiger partial charge in [-0.2, -0.15) is 0 Å². The predicted octanol–water partition coefficient (Wildman–Crippen LogP) is 5.07. The molecule has 0 saturated heterocycles. The highest BCUT2D eigenvalue weighted by Gasteiger charge is 2.34. The Labute approximate surface area is 169 Å². The van der Waals surface area contributed by atoms with E-state index in [0.717, 1.165) is 17.8 Å². The maximum atomic E-state index is 13.5. The van der Waals surface area contributed by atoms with Crippen LogP contribution in [0.15, 0.2) is 64.2 Å². The first-order valence-corrected chi connectivity index (χ1v) is 8.93. The van der Waals surface area contributed by atoms with Gasteiger partial charge in [-0.1, -0.05) is 24.3 Å². The van der Waals surface area contributed by atoms with Crippen LogP contribution in [0.1, 0.15) is 26.3 Å². The van der Waals surface area contributed by atoms with Gasteiger partial charge < -0.3 is 4.90 Å². The van der Waals surface area contributed by atoms with Gasteiger partial charge in [0.2, 0.25) is 0 Å². The van der Waals surface area contributed by atoms with Crippen LogP contribution >= 0.6 is 0 Å². The molecule has 0 saturated carbocycles. The molecule has 0 fully saturated rings. The van der Waals surface area contributed by atoms with Gasteiger partial charge in [0.05, 0.1) is 23.6 Å². The average molecular weight is 393 g/mol. The predicted molar refractivity (Wildman–Crippen MR) is 114 cm³/mol. The van der Waals surface area contributed by atoms with Crippen LogP contribution in [0.2, 0.25) is 0 Å². The molecule has 0 spiro atoms. The van der Waals surface area contributed by atoms with Crippen LogP contribution in [0.25, 0.3) is 0 Å². The molecule has 0 aliphatic carbocycles. The van der Waals surface area contributed by atoms with Gasteiger partial charge in [-0.25, -0.2) is 13.8 Å². The Kier molecular flexibility index (Phi) is 7.55. The lowest BCUT2D eigenvalue weighted by Gasteiger charge is -2.16. The van der Waals surface area contributed by atoms with E-state index in [4.69, 9.17) is 0 Å². The first-order valence-electron chi connectivity index (χ1n) is 8.93. The van der Waals surface area contributed by atoms with Crippen molar-refractivity contribution in [1.82, 2.24) is 0 Å². The highest BCUT2D eigenvalue weighted by molar-refractivity contribution is 6.54. The largest absolute Gasteiger partial charge is 0.300 e. The van der Waals surface area contributed by atoms with Gasteiger partial charge in [-0.15, -0.1) is 12.3 Å². The summed E-state index contributed by atoms with van der Waals surface area (Å²) in [6.07, 6.45) is 8.10. The van der Waals surface area contributed by atoms with Gasteiger partial charge in [0.1, 0.15) is 5.71 Å². The lowest BCUT2D eigenvalue weighted by molar-refractivity contribution is -0.112. The zero-order valence-electron chi connectivity index (χ0n) is 16.5. The van der Waals surface area contributed by atoms with E-state index >= 15 is 0 Å². The standard InChI is InChI=1S/C20H17F2N3O.C3H4/c1-3-13(23-4-2)12-25-18-8-6-5-7-15(18)19(20(25)26)24-14-9-10-16(21)17(22)11-14;1-3-2/h3-11H,12H2,1-2H3;1H,2H3/b13-3-,23-4?,24-19?;. The van der Waals surface area contributed by atoms with Gasteiger partial charge in [0.15, 0.2) is 11.6 Å². The maximum absolute atomic E-state index is 13.5. The molecule has 1 aliphatic heterocycles.